The highest BCUT2D eigenvalue weighted by Crippen LogP contribution is 2.26. The lowest BCUT2D eigenvalue weighted by molar-refractivity contribution is -0.385. The van der Waals surface area contributed by atoms with Crippen LogP contribution in [0.15, 0.2) is 52.7 Å². The quantitative estimate of drug-likeness (QED) is 0.396. The summed E-state index contributed by atoms with van der Waals surface area (Å²) in [6.45, 7) is 1.24. The van der Waals surface area contributed by atoms with Gasteiger partial charge in [-0.1, -0.05) is 12.1 Å². The summed E-state index contributed by atoms with van der Waals surface area (Å²) in [6, 6.07) is 8.75. The fourth-order valence-electron chi connectivity index (χ4n) is 3.41. The minimum Gasteiger partial charge on any atom is -0.345 e. The van der Waals surface area contributed by atoms with Gasteiger partial charge in [0, 0.05) is 50.1 Å². The van der Waals surface area contributed by atoms with Crippen LogP contribution in [0, 0.1) is 21.7 Å². The zero-order valence-electron chi connectivity index (χ0n) is 16.6. The highest BCUT2D eigenvalue weighted by Gasteiger charge is 2.30. The van der Waals surface area contributed by atoms with Crippen molar-refractivity contribution in [2.75, 3.05) is 31.1 Å². The SMILES string of the molecule is O=[N+]([O-])c1cccc(S(=O)(=O)N2CCN(c3nc(Cc4ccc(F)c(F)c4)cs3)CC2)c1. The van der Waals surface area contributed by atoms with Crippen molar-refractivity contribution in [1.29, 1.82) is 0 Å². The number of aromatic nitrogens is 1. The van der Waals surface area contributed by atoms with Crippen LogP contribution in [0.25, 0.3) is 0 Å². The molecule has 8 nitrogen and oxygen atoms in total. The average molecular weight is 481 g/mol. The molecule has 0 N–H and O–H groups in total. The second-order valence-electron chi connectivity index (χ2n) is 7.19. The molecule has 1 aliphatic heterocycles. The maximum atomic E-state index is 13.4. The van der Waals surface area contributed by atoms with Crippen molar-refractivity contribution in [3.05, 3.63) is 80.9 Å². The monoisotopic (exact) mass is 480 g/mol. The van der Waals surface area contributed by atoms with Crippen LogP contribution in [-0.4, -0.2) is 48.8 Å². The van der Waals surface area contributed by atoms with E-state index in [1.165, 1.54) is 39.9 Å². The lowest BCUT2D eigenvalue weighted by Gasteiger charge is -2.33. The van der Waals surface area contributed by atoms with Gasteiger partial charge in [-0.3, -0.25) is 10.1 Å². The molecule has 3 aromatic rings. The van der Waals surface area contributed by atoms with Gasteiger partial charge in [-0.15, -0.1) is 11.3 Å². The van der Waals surface area contributed by atoms with E-state index in [0.29, 0.717) is 30.8 Å². The Bertz CT molecular complexity index is 1260. The smallest absolute Gasteiger partial charge is 0.270 e. The zero-order chi connectivity index (χ0) is 22.9. The van der Waals surface area contributed by atoms with Crippen molar-refractivity contribution in [3.8, 4) is 0 Å². The van der Waals surface area contributed by atoms with Crippen molar-refractivity contribution in [1.82, 2.24) is 9.29 Å². The van der Waals surface area contributed by atoms with Gasteiger partial charge in [0.1, 0.15) is 0 Å². The number of non-ortho nitro benzene ring substituents is 1. The summed E-state index contributed by atoms with van der Waals surface area (Å²) in [6.07, 6.45) is 0.356. The Morgan fingerprint density at radius 3 is 2.50 bits per heavy atom. The van der Waals surface area contributed by atoms with Gasteiger partial charge in [-0.05, 0) is 23.8 Å². The maximum Gasteiger partial charge on any atom is 0.270 e. The predicted octanol–water partition coefficient (Wildman–Crippen LogP) is 3.43. The van der Waals surface area contributed by atoms with Crippen LogP contribution in [-0.2, 0) is 16.4 Å². The number of sulfonamides is 1. The summed E-state index contributed by atoms with van der Waals surface area (Å²) in [5.41, 5.74) is 1.04. The van der Waals surface area contributed by atoms with E-state index in [1.54, 1.807) is 0 Å². The number of halogens is 2. The van der Waals surface area contributed by atoms with E-state index in [1.807, 2.05) is 10.3 Å². The highest BCUT2D eigenvalue weighted by molar-refractivity contribution is 7.89. The van der Waals surface area contributed by atoms with E-state index in [4.69, 9.17) is 0 Å². The summed E-state index contributed by atoms with van der Waals surface area (Å²) in [5, 5.41) is 13.5. The molecule has 0 aliphatic carbocycles. The Morgan fingerprint density at radius 2 is 1.81 bits per heavy atom. The molecule has 168 valence electrons. The number of nitro groups is 1. The summed E-state index contributed by atoms with van der Waals surface area (Å²) in [4.78, 5) is 16.7. The van der Waals surface area contributed by atoms with Crippen LogP contribution in [0.2, 0.25) is 0 Å². The average Bonchev–Trinajstić information content (AvgIpc) is 3.25. The fourth-order valence-corrected chi connectivity index (χ4v) is 5.75. The molecular formula is C20H18F2N4O4S2. The van der Waals surface area contributed by atoms with Gasteiger partial charge in [0.05, 0.1) is 15.5 Å². The third-order valence-electron chi connectivity index (χ3n) is 5.08. The van der Waals surface area contributed by atoms with E-state index in [-0.39, 0.29) is 23.7 Å². The largest absolute Gasteiger partial charge is 0.345 e. The fraction of sp³-hybridized carbons (Fsp3) is 0.250. The van der Waals surface area contributed by atoms with Crippen molar-refractivity contribution < 1.29 is 22.1 Å². The molecule has 0 radical (unpaired) electrons. The van der Waals surface area contributed by atoms with Crippen LogP contribution in [0.1, 0.15) is 11.3 Å². The molecule has 1 aliphatic rings. The van der Waals surface area contributed by atoms with Crippen LogP contribution in [0.5, 0.6) is 0 Å². The zero-order valence-corrected chi connectivity index (χ0v) is 18.3. The Kier molecular flexibility index (Phi) is 6.17. The van der Waals surface area contributed by atoms with E-state index in [0.717, 1.165) is 23.3 Å². The van der Waals surface area contributed by atoms with Crippen LogP contribution < -0.4 is 4.90 Å². The molecule has 1 fully saturated rings. The second-order valence-corrected chi connectivity index (χ2v) is 9.97. The number of benzene rings is 2. The Morgan fingerprint density at radius 1 is 1.06 bits per heavy atom. The molecule has 0 bridgehead atoms. The number of nitro benzene ring substituents is 1. The van der Waals surface area contributed by atoms with Crippen LogP contribution in [0.3, 0.4) is 0 Å². The van der Waals surface area contributed by atoms with Gasteiger partial charge in [0.25, 0.3) is 5.69 Å². The first-order valence-electron chi connectivity index (χ1n) is 9.62. The molecule has 4 rings (SSSR count). The molecule has 1 aromatic heterocycles. The molecule has 1 saturated heterocycles. The highest BCUT2D eigenvalue weighted by atomic mass is 32.2. The molecule has 0 amide bonds. The molecule has 2 heterocycles. The molecule has 0 unspecified atom stereocenters. The third kappa shape index (κ3) is 4.61. The van der Waals surface area contributed by atoms with E-state index < -0.39 is 26.6 Å². The van der Waals surface area contributed by atoms with Crippen molar-refractivity contribution in [3.63, 3.8) is 0 Å². The molecule has 0 saturated carbocycles. The minimum absolute atomic E-state index is 0.108. The predicted molar refractivity (Wildman–Crippen MR) is 115 cm³/mol. The standard InChI is InChI=1S/C20H18F2N4O4S2/c21-18-5-4-14(11-19(18)22)10-15-13-31-20(23-15)24-6-8-25(9-7-24)32(29,30)17-3-1-2-16(12-17)26(27)28/h1-5,11-13H,6-10H2. The number of piperazine rings is 1. The van der Waals surface area contributed by atoms with E-state index >= 15 is 0 Å². The lowest BCUT2D eigenvalue weighted by Crippen LogP contribution is -2.48. The van der Waals surface area contributed by atoms with E-state index in [2.05, 4.69) is 4.98 Å². The third-order valence-corrected chi connectivity index (χ3v) is 7.93. The normalized spacial score (nSPS) is 15.1. The first-order valence-corrected chi connectivity index (χ1v) is 11.9. The van der Waals surface area contributed by atoms with Crippen molar-refractivity contribution in [2.24, 2.45) is 0 Å². The summed E-state index contributed by atoms with van der Waals surface area (Å²) in [5.74, 6) is -1.80. The van der Waals surface area contributed by atoms with Gasteiger partial charge in [0.15, 0.2) is 16.8 Å². The molecule has 2 aromatic carbocycles. The number of nitrogens with zero attached hydrogens (tertiary/aromatic N) is 4. The van der Waals surface area contributed by atoms with Crippen molar-refractivity contribution >= 4 is 32.2 Å². The molecule has 0 spiro atoms. The van der Waals surface area contributed by atoms with Gasteiger partial charge in [-0.2, -0.15) is 4.31 Å². The number of hydrogen-bond donors (Lipinski definition) is 0. The molecule has 0 atom stereocenters. The summed E-state index contributed by atoms with van der Waals surface area (Å²) < 4.78 is 53.6. The lowest BCUT2D eigenvalue weighted by atomic mass is 10.1. The number of rotatable bonds is 6. The summed E-state index contributed by atoms with van der Waals surface area (Å²) in [7, 11) is -3.85. The second kappa shape index (κ2) is 8.88. The van der Waals surface area contributed by atoms with Gasteiger partial charge in [-0.25, -0.2) is 22.2 Å². The molecule has 32 heavy (non-hydrogen) atoms. The topological polar surface area (TPSA) is 96.6 Å². The Hall–Kier alpha value is -2.96. The van der Waals surface area contributed by atoms with Gasteiger partial charge in [0.2, 0.25) is 10.0 Å². The Labute approximate surface area is 186 Å². The minimum atomic E-state index is -3.85. The van der Waals surface area contributed by atoms with E-state index in [9.17, 15) is 27.3 Å². The number of hydrogen-bond acceptors (Lipinski definition) is 7. The Balaban J connectivity index is 1.41. The summed E-state index contributed by atoms with van der Waals surface area (Å²) >= 11 is 1.40. The van der Waals surface area contributed by atoms with Gasteiger partial charge < -0.3 is 4.90 Å². The van der Waals surface area contributed by atoms with Crippen LogP contribution in [0.4, 0.5) is 19.6 Å². The maximum absolute atomic E-state index is 13.4. The van der Waals surface area contributed by atoms with Crippen LogP contribution >= 0.6 is 11.3 Å². The first-order chi connectivity index (χ1) is 15.2. The number of anilines is 1. The molecular weight excluding hydrogens is 462 g/mol. The van der Waals surface area contributed by atoms with Gasteiger partial charge >= 0.3 is 0 Å². The van der Waals surface area contributed by atoms with Crippen molar-refractivity contribution in [2.45, 2.75) is 11.3 Å². The first kappa shape index (κ1) is 22.2. The number of thiazole rings is 1. The molecule has 12 heteroatoms.